The molecule has 0 N–H and O–H groups in total. The molecule has 5 nitrogen and oxygen atoms in total. The van der Waals surface area contributed by atoms with Crippen LogP contribution in [0.25, 0.3) is 10.2 Å². The Bertz CT molecular complexity index is 930. The van der Waals surface area contributed by atoms with Crippen molar-refractivity contribution in [1.29, 1.82) is 0 Å². The second-order valence-corrected chi connectivity index (χ2v) is 7.83. The Morgan fingerprint density at radius 2 is 1.93 bits per heavy atom. The molecule has 28 heavy (non-hydrogen) atoms. The summed E-state index contributed by atoms with van der Waals surface area (Å²) in [5, 5.41) is 1.38. The van der Waals surface area contributed by atoms with Crippen molar-refractivity contribution in [3.05, 3.63) is 59.1 Å². The lowest BCUT2D eigenvalue weighted by Crippen LogP contribution is -2.43. The van der Waals surface area contributed by atoms with E-state index in [4.69, 9.17) is 16.3 Å². The van der Waals surface area contributed by atoms with E-state index in [0.29, 0.717) is 22.3 Å². The van der Waals surface area contributed by atoms with Crippen molar-refractivity contribution in [3.63, 3.8) is 0 Å². The lowest BCUT2D eigenvalue weighted by molar-refractivity contribution is 0.0391. The predicted octanol–water partition coefficient (Wildman–Crippen LogP) is 4.35. The highest BCUT2D eigenvalue weighted by atomic mass is 35.5. The van der Waals surface area contributed by atoms with Crippen LogP contribution in [0.4, 0.5) is 5.13 Å². The minimum atomic E-state index is -0.0333. The molecule has 1 amide bonds. The first kappa shape index (κ1) is 21.0. The van der Waals surface area contributed by atoms with Gasteiger partial charge in [-0.15, -0.1) is 12.4 Å². The Hall–Kier alpha value is -1.70. The molecule has 2 heterocycles. The molecule has 0 radical (unpaired) electrons. The van der Waals surface area contributed by atoms with Crippen LogP contribution in [-0.2, 0) is 4.74 Å². The molecule has 1 fully saturated rings. The van der Waals surface area contributed by atoms with Gasteiger partial charge >= 0.3 is 0 Å². The molecule has 4 rings (SSSR count). The first-order valence-corrected chi connectivity index (χ1v) is 10.1. The molecule has 148 valence electrons. The number of amides is 1. The molecule has 0 aliphatic carbocycles. The van der Waals surface area contributed by atoms with Crippen LogP contribution in [-0.4, -0.2) is 55.2 Å². The fourth-order valence-corrected chi connectivity index (χ4v) is 4.35. The van der Waals surface area contributed by atoms with Crippen LogP contribution in [0, 0.1) is 0 Å². The number of carbonyl (C=O) groups excluding carboxylic acids is 1. The average Bonchev–Trinajstić information content (AvgIpc) is 3.12. The maximum Gasteiger partial charge on any atom is 0.260 e. The van der Waals surface area contributed by atoms with Crippen LogP contribution in [0.1, 0.15) is 10.4 Å². The SMILES string of the molecule is Cl.O=C(c1ccccc1)N(CCN1CCOCC1)c1nc2ccc(Cl)cc2s1. The average molecular weight is 438 g/mol. The van der Waals surface area contributed by atoms with Gasteiger partial charge < -0.3 is 4.74 Å². The number of thiazole rings is 1. The number of nitrogens with zero attached hydrogens (tertiary/aromatic N) is 3. The fraction of sp³-hybridized carbons (Fsp3) is 0.300. The number of fused-ring (bicyclic) bond motifs is 1. The zero-order valence-corrected chi connectivity index (χ0v) is 17.6. The molecule has 1 saturated heterocycles. The van der Waals surface area contributed by atoms with Gasteiger partial charge in [0.1, 0.15) is 0 Å². The number of rotatable bonds is 5. The summed E-state index contributed by atoms with van der Waals surface area (Å²) in [5.74, 6) is -0.0333. The highest BCUT2D eigenvalue weighted by Gasteiger charge is 2.22. The Morgan fingerprint density at radius 1 is 1.18 bits per heavy atom. The molecule has 3 aromatic rings. The number of ether oxygens (including phenoxy) is 1. The maximum atomic E-state index is 13.2. The molecular weight excluding hydrogens is 417 g/mol. The number of anilines is 1. The number of benzene rings is 2. The number of aromatic nitrogens is 1. The van der Waals surface area contributed by atoms with E-state index in [1.54, 1.807) is 4.90 Å². The molecule has 0 bridgehead atoms. The number of hydrogen-bond donors (Lipinski definition) is 0. The van der Waals surface area contributed by atoms with Crippen LogP contribution in [0.3, 0.4) is 0 Å². The van der Waals surface area contributed by atoms with Gasteiger partial charge in [0.25, 0.3) is 5.91 Å². The van der Waals surface area contributed by atoms with Gasteiger partial charge in [-0.1, -0.05) is 41.1 Å². The van der Waals surface area contributed by atoms with Gasteiger partial charge in [-0.2, -0.15) is 0 Å². The Morgan fingerprint density at radius 3 is 2.68 bits per heavy atom. The van der Waals surface area contributed by atoms with Crippen molar-refractivity contribution in [2.24, 2.45) is 0 Å². The quantitative estimate of drug-likeness (QED) is 0.594. The van der Waals surface area contributed by atoms with Crippen LogP contribution >= 0.6 is 35.3 Å². The standard InChI is InChI=1S/C20H20ClN3O2S.ClH/c21-16-6-7-17-18(14-16)27-20(22-17)24(9-8-23-10-12-26-13-11-23)19(25)15-4-2-1-3-5-15;/h1-7,14H,8-13H2;1H. The minimum absolute atomic E-state index is 0. The zero-order chi connectivity index (χ0) is 18.6. The van der Waals surface area contributed by atoms with E-state index in [2.05, 4.69) is 9.88 Å². The van der Waals surface area contributed by atoms with E-state index in [9.17, 15) is 4.79 Å². The van der Waals surface area contributed by atoms with Crippen LogP contribution in [0.15, 0.2) is 48.5 Å². The van der Waals surface area contributed by atoms with E-state index in [-0.39, 0.29) is 18.3 Å². The van der Waals surface area contributed by atoms with Gasteiger partial charge in [-0.05, 0) is 30.3 Å². The number of carbonyl (C=O) groups is 1. The summed E-state index contributed by atoms with van der Waals surface area (Å²) in [5.41, 5.74) is 1.52. The van der Waals surface area contributed by atoms with Crippen molar-refractivity contribution < 1.29 is 9.53 Å². The number of hydrogen-bond acceptors (Lipinski definition) is 5. The summed E-state index contributed by atoms with van der Waals surface area (Å²) >= 11 is 7.60. The molecule has 0 unspecified atom stereocenters. The summed E-state index contributed by atoms with van der Waals surface area (Å²) in [6.07, 6.45) is 0. The zero-order valence-electron chi connectivity index (χ0n) is 15.2. The molecule has 1 aliphatic rings. The predicted molar refractivity (Wildman–Crippen MR) is 117 cm³/mol. The van der Waals surface area contributed by atoms with E-state index >= 15 is 0 Å². The van der Waals surface area contributed by atoms with Crippen LogP contribution in [0.5, 0.6) is 0 Å². The molecule has 0 saturated carbocycles. The highest BCUT2D eigenvalue weighted by molar-refractivity contribution is 7.22. The van der Waals surface area contributed by atoms with Crippen molar-refractivity contribution in [2.45, 2.75) is 0 Å². The van der Waals surface area contributed by atoms with Crippen molar-refractivity contribution in [1.82, 2.24) is 9.88 Å². The van der Waals surface area contributed by atoms with E-state index in [1.165, 1.54) is 11.3 Å². The van der Waals surface area contributed by atoms with Gasteiger partial charge in [0.05, 0.1) is 23.4 Å². The second kappa shape index (κ2) is 9.67. The van der Waals surface area contributed by atoms with Crippen molar-refractivity contribution >= 4 is 56.6 Å². The second-order valence-electron chi connectivity index (χ2n) is 6.39. The van der Waals surface area contributed by atoms with E-state index in [0.717, 1.165) is 43.1 Å². The normalized spacial score (nSPS) is 14.6. The monoisotopic (exact) mass is 437 g/mol. The molecule has 1 aliphatic heterocycles. The molecule has 2 aromatic carbocycles. The van der Waals surface area contributed by atoms with Gasteiger partial charge in [-0.25, -0.2) is 4.98 Å². The maximum absolute atomic E-state index is 13.2. The van der Waals surface area contributed by atoms with Gasteiger partial charge in [0.2, 0.25) is 0 Å². The first-order chi connectivity index (χ1) is 13.2. The van der Waals surface area contributed by atoms with E-state index < -0.39 is 0 Å². The summed E-state index contributed by atoms with van der Waals surface area (Å²) in [6, 6.07) is 15.0. The Balaban J connectivity index is 0.00000225. The summed E-state index contributed by atoms with van der Waals surface area (Å²) in [7, 11) is 0. The summed E-state index contributed by atoms with van der Waals surface area (Å²) in [6.45, 7) is 4.64. The molecule has 8 heteroatoms. The van der Waals surface area contributed by atoms with Gasteiger partial charge in [0, 0.05) is 36.8 Å². The molecule has 0 spiro atoms. The van der Waals surface area contributed by atoms with Crippen LogP contribution < -0.4 is 4.90 Å². The fourth-order valence-electron chi connectivity index (χ4n) is 3.09. The highest BCUT2D eigenvalue weighted by Crippen LogP contribution is 2.31. The number of morpholine rings is 1. The minimum Gasteiger partial charge on any atom is -0.379 e. The smallest absolute Gasteiger partial charge is 0.260 e. The topological polar surface area (TPSA) is 45.7 Å². The van der Waals surface area contributed by atoms with Gasteiger partial charge in [-0.3, -0.25) is 14.6 Å². The largest absolute Gasteiger partial charge is 0.379 e. The van der Waals surface area contributed by atoms with Crippen molar-refractivity contribution in [2.75, 3.05) is 44.3 Å². The summed E-state index contributed by atoms with van der Waals surface area (Å²) in [4.78, 5) is 22.0. The Labute approximate surface area is 179 Å². The summed E-state index contributed by atoms with van der Waals surface area (Å²) < 4.78 is 6.40. The van der Waals surface area contributed by atoms with Gasteiger partial charge in [0.15, 0.2) is 5.13 Å². The first-order valence-electron chi connectivity index (χ1n) is 8.94. The lowest BCUT2D eigenvalue weighted by atomic mass is 10.2. The third-order valence-electron chi connectivity index (χ3n) is 4.58. The molecule has 1 aromatic heterocycles. The number of halogens is 2. The third-order valence-corrected chi connectivity index (χ3v) is 5.86. The lowest BCUT2D eigenvalue weighted by Gasteiger charge is -2.29. The van der Waals surface area contributed by atoms with Crippen molar-refractivity contribution in [3.8, 4) is 0 Å². The molecule has 0 atom stereocenters. The third kappa shape index (κ3) is 4.82. The van der Waals surface area contributed by atoms with E-state index in [1.807, 2.05) is 48.5 Å². The molecular formula is C20H21Cl2N3O2S. The Kier molecular flexibility index (Phi) is 7.26. The van der Waals surface area contributed by atoms with Crippen LogP contribution in [0.2, 0.25) is 5.02 Å².